The van der Waals surface area contributed by atoms with Gasteiger partial charge in [0.1, 0.15) is 28.7 Å². The molecule has 2 aromatic heterocycles. The fraction of sp³-hybridized carbons (Fsp3) is 0.333. The first kappa shape index (κ1) is 21.3. The number of para-hydroxylation sites is 2. The molecular formula is C27H28N4O2. The number of aromatic nitrogens is 1. The van der Waals surface area contributed by atoms with Crippen molar-refractivity contribution in [1.29, 1.82) is 5.26 Å². The number of hydrogen-bond donors (Lipinski definition) is 2. The summed E-state index contributed by atoms with van der Waals surface area (Å²) in [5.41, 5.74) is 2.98. The zero-order chi connectivity index (χ0) is 22.8. The lowest BCUT2D eigenvalue weighted by molar-refractivity contribution is 0.0622. The molecule has 1 aliphatic carbocycles. The SMILES string of the molecule is CCN(C(=O)c1cc2ccccc2[nH]1)C1CCCC(NCc2oc3ccccc3c2C#N)C1. The van der Waals surface area contributed by atoms with Crippen molar-refractivity contribution in [1.82, 2.24) is 15.2 Å². The highest BCUT2D eigenvalue weighted by Gasteiger charge is 2.30. The molecule has 2 atom stereocenters. The minimum atomic E-state index is 0.0587. The smallest absolute Gasteiger partial charge is 0.270 e. The number of nitrogens with one attached hydrogen (secondary N) is 2. The Kier molecular flexibility index (Phi) is 5.89. The lowest BCUT2D eigenvalue weighted by atomic mass is 9.89. The Morgan fingerprint density at radius 2 is 2.03 bits per heavy atom. The number of rotatable bonds is 6. The predicted octanol–water partition coefficient (Wildman–Crippen LogP) is 5.35. The molecule has 6 heteroatoms. The molecule has 4 aromatic rings. The number of benzene rings is 2. The Morgan fingerprint density at radius 1 is 1.21 bits per heavy atom. The average Bonchev–Trinajstić information content (AvgIpc) is 3.44. The largest absolute Gasteiger partial charge is 0.458 e. The van der Waals surface area contributed by atoms with Crippen LogP contribution in [0.4, 0.5) is 0 Å². The van der Waals surface area contributed by atoms with Gasteiger partial charge in [-0.2, -0.15) is 5.26 Å². The van der Waals surface area contributed by atoms with Crippen molar-refractivity contribution in [2.24, 2.45) is 0 Å². The predicted molar refractivity (Wildman–Crippen MR) is 129 cm³/mol. The summed E-state index contributed by atoms with van der Waals surface area (Å²) in [6, 6.07) is 20.3. The fourth-order valence-corrected chi connectivity index (χ4v) is 5.12. The summed E-state index contributed by atoms with van der Waals surface area (Å²) in [7, 11) is 0. The van der Waals surface area contributed by atoms with E-state index in [1.165, 1.54) is 0 Å². The van der Waals surface area contributed by atoms with E-state index in [2.05, 4.69) is 16.4 Å². The molecule has 33 heavy (non-hydrogen) atoms. The normalized spacial score (nSPS) is 18.4. The van der Waals surface area contributed by atoms with E-state index in [0.29, 0.717) is 30.1 Å². The van der Waals surface area contributed by atoms with Crippen LogP contribution in [0.3, 0.4) is 0 Å². The fourth-order valence-electron chi connectivity index (χ4n) is 5.12. The summed E-state index contributed by atoms with van der Waals surface area (Å²) in [5, 5.41) is 15.1. The van der Waals surface area contributed by atoms with Gasteiger partial charge in [0.05, 0.1) is 6.54 Å². The van der Waals surface area contributed by atoms with Crippen molar-refractivity contribution in [2.75, 3.05) is 6.54 Å². The number of aromatic amines is 1. The third-order valence-electron chi connectivity index (χ3n) is 6.78. The number of H-pyrrole nitrogens is 1. The number of furan rings is 1. The maximum atomic E-state index is 13.3. The number of hydrogen-bond acceptors (Lipinski definition) is 4. The summed E-state index contributed by atoms with van der Waals surface area (Å²) in [6.45, 7) is 3.23. The van der Waals surface area contributed by atoms with Gasteiger partial charge in [0.25, 0.3) is 5.91 Å². The first-order valence-electron chi connectivity index (χ1n) is 11.7. The lowest BCUT2D eigenvalue weighted by Gasteiger charge is -2.37. The molecule has 0 spiro atoms. The van der Waals surface area contributed by atoms with E-state index in [4.69, 9.17) is 4.42 Å². The van der Waals surface area contributed by atoms with Crippen molar-refractivity contribution in [3.05, 3.63) is 71.6 Å². The quantitative estimate of drug-likeness (QED) is 0.423. The summed E-state index contributed by atoms with van der Waals surface area (Å²) in [5.74, 6) is 0.741. The van der Waals surface area contributed by atoms with E-state index < -0.39 is 0 Å². The Balaban J connectivity index is 1.28. The molecule has 2 unspecified atom stereocenters. The van der Waals surface area contributed by atoms with E-state index in [1.54, 1.807) is 0 Å². The van der Waals surface area contributed by atoms with Crippen LogP contribution in [0.2, 0.25) is 0 Å². The average molecular weight is 441 g/mol. The summed E-state index contributed by atoms with van der Waals surface area (Å²) >= 11 is 0. The number of fused-ring (bicyclic) bond motifs is 2. The molecule has 1 fully saturated rings. The number of nitriles is 1. The van der Waals surface area contributed by atoms with Crippen LogP contribution in [-0.4, -0.2) is 34.4 Å². The van der Waals surface area contributed by atoms with Crippen LogP contribution in [0.1, 0.15) is 54.4 Å². The molecule has 6 nitrogen and oxygen atoms in total. The molecule has 0 saturated heterocycles. The third-order valence-corrected chi connectivity index (χ3v) is 6.78. The Hall–Kier alpha value is -3.56. The second kappa shape index (κ2) is 9.13. The maximum Gasteiger partial charge on any atom is 0.270 e. The van der Waals surface area contributed by atoms with Gasteiger partial charge in [-0.1, -0.05) is 30.3 Å². The molecule has 1 amide bonds. The van der Waals surface area contributed by atoms with Gasteiger partial charge >= 0.3 is 0 Å². The minimum Gasteiger partial charge on any atom is -0.458 e. The second-order valence-corrected chi connectivity index (χ2v) is 8.77. The highest BCUT2D eigenvalue weighted by atomic mass is 16.3. The van der Waals surface area contributed by atoms with Crippen molar-refractivity contribution >= 4 is 27.8 Å². The zero-order valence-electron chi connectivity index (χ0n) is 18.8. The van der Waals surface area contributed by atoms with Crippen molar-refractivity contribution < 1.29 is 9.21 Å². The maximum absolute atomic E-state index is 13.3. The van der Waals surface area contributed by atoms with Crippen molar-refractivity contribution in [3.63, 3.8) is 0 Å². The lowest BCUT2D eigenvalue weighted by Crippen LogP contribution is -2.46. The summed E-state index contributed by atoms with van der Waals surface area (Å²) < 4.78 is 5.95. The van der Waals surface area contributed by atoms with Crippen LogP contribution < -0.4 is 5.32 Å². The van der Waals surface area contributed by atoms with Gasteiger partial charge in [0.15, 0.2) is 0 Å². The van der Waals surface area contributed by atoms with Gasteiger partial charge < -0.3 is 19.6 Å². The summed E-state index contributed by atoms with van der Waals surface area (Å²) in [4.78, 5) is 18.6. The monoisotopic (exact) mass is 440 g/mol. The minimum absolute atomic E-state index is 0.0587. The highest BCUT2D eigenvalue weighted by Crippen LogP contribution is 2.28. The van der Waals surface area contributed by atoms with E-state index in [1.807, 2.05) is 66.4 Å². The number of nitrogens with zero attached hydrogens (tertiary/aromatic N) is 2. The molecule has 1 saturated carbocycles. The van der Waals surface area contributed by atoms with E-state index in [9.17, 15) is 10.1 Å². The molecule has 168 valence electrons. The third kappa shape index (κ3) is 4.12. The Morgan fingerprint density at radius 3 is 2.85 bits per heavy atom. The first-order chi connectivity index (χ1) is 16.2. The number of amides is 1. The molecule has 2 aromatic carbocycles. The van der Waals surface area contributed by atoms with Crippen LogP contribution in [0.5, 0.6) is 0 Å². The standard InChI is InChI=1S/C27H28N4O2/c1-2-31(27(32)24-14-18-8-3-5-12-23(18)30-24)20-10-7-9-19(15-20)29-17-26-22(16-28)21-11-4-6-13-25(21)33-26/h3-6,8,11-14,19-20,29-30H,2,7,9-10,15,17H2,1H3. The molecule has 1 aliphatic rings. The van der Waals surface area contributed by atoms with Gasteiger partial charge in [0, 0.05) is 34.9 Å². The highest BCUT2D eigenvalue weighted by molar-refractivity contribution is 5.98. The van der Waals surface area contributed by atoms with Gasteiger partial charge in [-0.3, -0.25) is 4.79 Å². The first-order valence-corrected chi connectivity index (χ1v) is 11.7. The van der Waals surface area contributed by atoms with Gasteiger partial charge in [-0.05, 0) is 56.9 Å². The van der Waals surface area contributed by atoms with Crippen molar-refractivity contribution in [2.45, 2.75) is 51.2 Å². The number of carbonyl (C=O) groups excluding carboxylic acids is 1. The molecular weight excluding hydrogens is 412 g/mol. The Bertz CT molecular complexity index is 1300. The zero-order valence-corrected chi connectivity index (χ0v) is 18.8. The van der Waals surface area contributed by atoms with E-state index in [0.717, 1.165) is 47.6 Å². The van der Waals surface area contributed by atoms with E-state index >= 15 is 0 Å². The van der Waals surface area contributed by atoms with Crippen LogP contribution in [0, 0.1) is 11.3 Å². The number of carbonyl (C=O) groups is 1. The van der Waals surface area contributed by atoms with Crippen LogP contribution >= 0.6 is 0 Å². The molecule has 0 bridgehead atoms. The van der Waals surface area contributed by atoms with Crippen LogP contribution in [0.15, 0.2) is 59.0 Å². The van der Waals surface area contributed by atoms with Gasteiger partial charge in [0.2, 0.25) is 0 Å². The molecule has 0 aliphatic heterocycles. The molecule has 2 heterocycles. The topological polar surface area (TPSA) is 85.1 Å². The van der Waals surface area contributed by atoms with E-state index in [-0.39, 0.29) is 18.0 Å². The second-order valence-electron chi connectivity index (χ2n) is 8.77. The Labute approximate surface area is 193 Å². The van der Waals surface area contributed by atoms with Gasteiger partial charge in [-0.25, -0.2) is 0 Å². The van der Waals surface area contributed by atoms with Gasteiger partial charge in [-0.15, -0.1) is 0 Å². The van der Waals surface area contributed by atoms with Crippen LogP contribution in [0.25, 0.3) is 21.9 Å². The van der Waals surface area contributed by atoms with Crippen molar-refractivity contribution in [3.8, 4) is 6.07 Å². The molecule has 0 radical (unpaired) electrons. The molecule has 5 rings (SSSR count). The summed E-state index contributed by atoms with van der Waals surface area (Å²) in [6.07, 6.45) is 4.01. The molecule has 2 N–H and O–H groups in total. The van der Waals surface area contributed by atoms with Crippen LogP contribution in [-0.2, 0) is 6.54 Å².